The smallest absolute Gasteiger partial charge is 0.188 e. The number of nitrogens with zero attached hydrogens (tertiary/aromatic N) is 2. The summed E-state index contributed by atoms with van der Waals surface area (Å²) in [6.45, 7) is 8.87. The maximum Gasteiger partial charge on any atom is 0.188 e. The van der Waals surface area contributed by atoms with Crippen LogP contribution >= 0.6 is 24.0 Å². The first-order valence-corrected chi connectivity index (χ1v) is 9.05. The molecule has 0 unspecified atom stereocenters. The summed E-state index contributed by atoms with van der Waals surface area (Å²) in [6.07, 6.45) is 3.27. The van der Waals surface area contributed by atoms with E-state index < -0.39 is 0 Å². The number of fused-ring (bicyclic) bond motifs is 1. The van der Waals surface area contributed by atoms with Crippen LogP contribution in [0, 0.1) is 5.41 Å². The first kappa shape index (κ1) is 20.5. The molecule has 0 atom stereocenters. The van der Waals surface area contributed by atoms with Crippen molar-refractivity contribution >= 4 is 29.9 Å². The Balaban J connectivity index is 0.00000225. The fraction of sp³-hybridized carbons (Fsp3) is 0.632. The lowest BCUT2D eigenvalue weighted by molar-refractivity contribution is 0.0376. The predicted molar refractivity (Wildman–Crippen MR) is 114 cm³/mol. The first-order valence-electron chi connectivity index (χ1n) is 9.05. The van der Waals surface area contributed by atoms with Crippen LogP contribution in [0.15, 0.2) is 29.3 Å². The van der Waals surface area contributed by atoms with Crippen LogP contribution in [0.25, 0.3) is 0 Å². The highest BCUT2D eigenvalue weighted by atomic mass is 127. The molecule has 3 rings (SSSR count). The topological polar surface area (TPSA) is 62.9 Å². The van der Waals surface area contributed by atoms with E-state index in [0.717, 1.165) is 65.2 Å². The van der Waals surface area contributed by atoms with Crippen molar-refractivity contribution in [2.24, 2.45) is 16.1 Å². The minimum absolute atomic E-state index is 0. The molecule has 0 radical (unpaired) electrons. The van der Waals surface area contributed by atoms with Gasteiger partial charge < -0.3 is 15.8 Å². The van der Waals surface area contributed by atoms with E-state index in [4.69, 9.17) is 10.5 Å². The van der Waals surface area contributed by atoms with E-state index in [2.05, 4.69) is 46.4 Å². The molecule has 5 nitrogen and oxygen atoms in total. The lowest BCUT2D eigenvalue weighted by Crippen LogP contribution is -2.39. The average molecular weight is 458 g/mol. The molecule has 0 amide bonds. The molecule has 0 saturated carbocycles. The van der Waals surface area contributed by atoms with E-state index in [1.165, 1.54) is 11.1 Å². The summed E-state index contributed by atoms with van der Waals surface area (Å²) in [5.41, 5.74) is 9.17. The molecule has 1 aliphatic heterocycles. The van der Waals surface area contributed by atoms with Gasteiger partial charge in [0.25, 0.3) is 0 Å². The molecule has 3 N–H and O–H groups in total. The van der Waals surface area contributed by atoms with Crippen molar-refractivity contribution in [3.63, 3.8) is 0 Å². The summed E-state index contributed by atoms with van der Waals surface area (Å²) in [6, 6.07) is 8.71. The third-order valence-electron chi connectivity index (χ3n) is 5.04. The monoisotopic (exact) mass is 458 g/mol. The molecular weight excluding hydrogens is 427 g/mol. The highest BCUT2D eigenvalue weighted by molar-refractivity contribution is 14.0. The summed E-state index contributed by atoms with van der Waals surface area (Å²) < 4.78 is 5.36. The fourth-order valence-corrected chi connectivity index (χ4v) is 3.67. The van der Waals surface area contributed by atoms with Gasteiger partial charge in [-0.2, -0.15) is 0 Å². The number of halogens is 1. The van der Waals surface area contributed by atoms with Crippen LogP contribution in [-0.4, -0.2) is 56.8 Å². The first-order chi connectivity index (χ1) is 11.6. The molecule has 1 aromatic carbocycles. The van der Waals surface area contributed by atoms with Crippen molar-refractivity contribution in [3.8, 4) is 0 Å². The number of nitrogens with one attached hydrogen (secondary N) is 1. The van der Waals surface area contributed by atoms with Gasteiger partial charge in [-0.15, -0.1) is 24.0 Å². The quantitative estimate of drug-likeness (QED) is 0.297. The summed E-state index contributed by atoms with van der Waals surface area (Å²) in [5.74, 6) is 0.578. The number of aliphatic imine (C=N–C) groups is 1. The Labute approximate surface area is 168 Å². The lowest BCUT2D eigenvalue weighted by atomic mass is 9.87. The van der Waals surface area contributed by atoms with Crippen molar-refractivity contribution in [2.75, 3.05) is 45.9 Å². The van der Waals surface area contributed by atoms with Gasteiger partial charge in [0.15, 0.2) is 5.96 Å². The van der Waals surface area contributed by atoms with Crippen molar-refractivity contribution < 1.29 is 4.74 Å². The van der Waals surface area contributed by atoms with Gasteiger partial charge in [0, 0.05) is 26.2 Å². The standard InChI is InChI=1S/C19H30N4O.HI/c1-19(13-16-5-2-3-6-17(16)14-19)15-22-18(20)21-7-4-8-23-9-11-24-12-10-23;/h2-3,5-6H,4,7-15H2,1H3,(H3,20,21,22);1H. The van der Waals surface area contributed by atoms with Crippen LogP contribution < -0.4 is 11.1 Å². The second-order valence-electron chi connectivity index (χ2n) is 7.37. The molecule has 1 heterocycles. The molecule has 0 aromatic heterocycles. The van der Waals surface area contributed by atoms with Crippen LogP contribution in [0.1, 0.15) is 24.5 Å². The maximum absolute atomic E-state index is 6.04. The maximum atomic E-state index is 6.04. The number of morpholine rings is 1. The highest BCUT2D eigenvalue weighted by Gasteiger charge is 2.32. The number of hydrogen-bond donors (Lipinski definition) is 2. The lowest BCUT2D eigenvalue weighted by Gasteiger charge is -2.26. The number of benzene rings is 1. The van der Waals surface area contributed by atoms with Crippen molar-refractivity contribution in [3.05, 3.63) is 35.4 Å². The Morgan fingerprint density at radius 2 is 1.88 bits per heavy atom. The zero-order valence-corrected chi connectivity index (χ0v) is 17.5. The summed E-state index contributed by atoms with van der Waals surface area (Å²) >= 11 is 0. The van der Waals surface area contributed by atoms with Crippen LogP contribution in [0.5, 0.6) is 0 Å². The van der Waals surface area contributed by atoms with E-state index >= 15 is 0 Å². The molecule has 6 heteroatoms. The Kier molecular flexibility index (Phi) is 7.96. The van der Waals surface area contributed by atoms with Crippen molar-refractivity contribution in [2.45, 2.75) is 26.2 Å². The molecule has 1 aliphatic carbocycles. The summed E-state index contributed by atoms with van der Waals surface area (Å²) in [4.78, 5) is 7.03. The minimum atomic E-state index is 0. The number of ether oxygens (including phenoxy) is 1. The van der Waals surface area contributed by atoms with Gasteiger partial charge in [0.2, 0.25) is 0 Å². The molecule has 2 aliphatic rings. The SMILES string of the molecule is CC1(CN=C(N)NCCCN2CCOCC2)Cc2ccccc2C1.I. The largest absolute Gasteiger partial charge is 0.379 e. The molecule has 0 bridgehead atoms. The second kappa shape index (κ2) is 9.73. The van der Waals surface area contributed by atoms with E-state index in [-0.39, 0.29) is 29.4 Å². The Bertz CT molecular complexity index is 547. The number of nitrogens with two attached hydrogens (primary N) is 1. The average Bonchev–Trinajstić information content (AvgIpc) is 2.94. The van der Waals surface area contributed by atoms with Gasteiger partial charge in [-0.1, -0.05) is 31.2 Å². The zero-order chi connectivity index (χ0) is 16.8. The van der Waals surface area contributed by atoms with Gasteiger partial charge in [-0.3, -0.25) is 9.89 Å². The third-order valence-corrected chi connectivity index (χ3v) is 5.04. The van der Waals surface area contributed by atoms with Crippen LogP contribution in [-0.2, 0) is 17.6 Å². The molecule has 1 fully saturated rings. The minimum Gasteiger partial charge on any atom is -0.379 e. The van der Waals surface area contributed by atoms with Crippen LogP contribution in [0.3, 0.4) is 0 Å². The van der Waals surface area contributed by atoms with E-state index in [1.807, 2.05) is 0 Å². The third kappa shape index (κ3) is 6.11. The summed E-state index contributed by atoms with van der Waals surface area (Å²) in [5, 5.41) is 3.25. The Hall–Kier alpha value is -0.860. The number of hydrogen-bond acceptors (Lipinski definition) is 3. The van der Waals surface area contributed by atoms with Gasteiger partial charge in [0.1, 0.15) is 0 Å². The molecule has 1 aromatic rings. The van der Waals surface area contributed by atoms with Gasteiger partial charge in [0.05, 0.1) is 13.2 Å². The normalized spacial score (nSPS) is 20.0. The molecule has 1 saturated heterocycles. The molecule has 0 spiro atoms. The zero-order valence-electron chi connectivity index (χ0n) is 15.2. The molecule has 25 heavy (non-hydrogen) atoms. The second-order valence-corrected chi connectivity index (χ2v) is 7.37. The van der Waals surface area contributed by atoms with Gasteiger partial charge in [-0.25, -0.2) is 0 Å². The van der Waals surface area contributed by atoms with E-state index in [0.29, 0.717) is 5.96 Å². The van der Waals surface area contributed by atoms with Crippen LogP contribution in [0.2, 0.25) is 0 Å². The van der Waals surface area contributed by atoms with E-state index in [1.54, 1.807) is 0 Å². The number of rotatable bonds is 6. The van der Waals surface area contributed by atoms with Gasteiger partial charge in [-0.05, 0) is 42.3 Å². The molecule has 140 valence electrons. The number of guanidine groups is 1. The van der Waals surface area contributed by atoms with Crippen LogP contribution in [0.4, 0.5) is 0 Å². The van der Waals surface area contributed by atoms with Crippen molar-refractivity contribution in [1.29, 1.82) is 0 Å². The highest BCUT2D eigenvalue weighted by Crippen LogP contribution is 2.36. The molecular formula is C19H31IN4O. The fourth-order valence-electron chi connectivity index (χ4n) is 3.67. The summed E-state index contributed by atoms with van der Waals surface area (Å²) in [7, 11) is 0. The van der Waals surface area contributed by atoms with Crippen molar-refractivity contribution in [1.82, 2.24) is 10.2 Å². The van der Waals surface area contributed by atoms with Gasteiger partial charge >= 0.3 is 0 Å². The Morgan fingerprint density at radius 3 is 2.52 bits per heavy atom. The van der Waals surface area contributed by atoms with E-state index in [9.17, 15) is 0 Å². The Morgan fingerprint density at radius 1 is 1.24 bits per heavy atom. The predicted octanol–water partition coefficient (Wildman–Crippen LogP) is 2.04.